The van der Waals surface area contributed by atoms with E-state index in [9.17, 15) is 18.4 Å². The van der Waals surface area contributed by atoms with Crippen LogP contribution in [0.25, 0.3) is 11.1 Å². The van der Waals surface area contributed by atoms with Crippen molar-refractivity contribution in [3.05, 3.63) is 64.7 Å². The second-order valence-electron chi connectivity index (χ2n) is 16.3. The molecule has 5 aliphatic rings. The molecule has 1 saturated carbocycles. The minimum absolute atomic E-state index is 0.00263. The maximum atomic E-state index is 14.7. The average Bonchev–Trinajstić information content (AvgIpc) is 3.78. The number of rotatable bonds is 7. The number of carbonyl (C=O) groups excluding carboxylic acids is 1. The molecular weight excluding hydrogens is 707 g/mol. The highest BCUT2D eigenvalue weighted by atomic mass is 19.3. The lowest BCUT2D eigenvalue weighted by Crippen LogP contribution is -2.62. The number of piperidine rings is 1. The maximum Gasteiger partial charge on any atom is 0.356 e. The third-order valence-corrected chi connectivity index (χ3v) is 13.2. The van der Waals surface area contributed by atoms with Crippen LogP contribution in [0.2, 0.25) is 0 Å². The quantitative estimate of drug-likeness (QED) is 0.248. The predicted octanol–water partition coefficient (Wildman–Crippen LogP) is 5.78. The van der Waals surface area contributed by atoms with Crippen molar-refractivity contribution in [2.24, 2.45) is 12.5 Å². The van der Waals surface area contributed by atoms with Crippen LogP contribution in [-0.2, 0) is 31.2 Å². The van der Waals surface area contributed by atoms with Gasteiger partial charge >= 0.3 is 5.97 Å². The van der Waals surface area contributed by atoms with E-state index in [0.717, 1.165) is 99.6 Å². The van der Waals surface area contributed by atoms with E-state index in [1.807, 2.05) is 11.0 Å². The van der Waals surface area contributed by atoms with E-state index >= 15 is 0 Å². The standard InChI is InChI=1S/C40H48F2N10O3/c1-25(53)49-15-9-34-32(24-49)38(51-14-3-4-26-18-30(27-20-43-47(2)21-27)31(37(41)42)19-35(26)51)46-52(34)28-7-10-40(11-8-28)12-16-48(17-13-40)29-22-50(23-29)36-6-5-33(39(54)55)44-45-36/h5-6,18-21,28-29,37H,3-4,7-17,22-24H2,1-2H3,(H,54,55). The minimum atomic E-state index is -2.64. The number of aromatic nitrogens is 6. The summed E-state index contributed by atoms with van der Waals surface area (Å²) in [7, 11) is 1.79. The Morgan fingerprint density at radius 3 is 2.40 bits per heavy atom. The number of alkyl halides is 2. The minimum Gasteiger partial charge on any atom is -0.476 e. The first-order valence-electron chi connectivity index (χ1n) is 19.7. The van der Waals surface area contributed by atoms with Crippen LogP contribution in [0.5, 0.6) is 0 Å². The van der Waals surface area contributed by atoms with Gasteiger partial charge in [0.1, 0.15) is 0 Å². The summed E-state index contributed by atoms with van der Waals surface area (Å²) >= 11 is 0. The topological polar surface area (TPSA) is 129 Å². The van der Waals surface area contributed by atoms with Crippen molar-refractivity contribution in [1.29, 1.82) is 0 Å². The first-order chi connectivity index (χ1) is 26.6. The number of fused-ring (bicyclic) bond motifs is 2. The lowest BCUT2D eigenvalue weighted by atomic mass is 9.66. The molecule has 3 fully saturated rings. The lowest BCUT2D eigenvalue weighted by molar-refractivity contribution is -0.129. The molecule has 290 valence electrons. The number of anilines is 3. The molecule has 2 saturated heterocycles. The number of likely N-dealkylation sites (tertiary alicyclic amines) is 1. The van der Waals surface area contributed by atoms with Crippen LogP contribution >= 0.6 is 0 Å². The Hall–Kier alpha value is -4.92. The normalized spacial score (nSPS) is 20.5. The Morgan fingerprint density at radius 2 is 1.75 bits per heavy atom. The van der Waals surface area contributed by atoms with Crippen molar-refractivity contribution >= 4 is 29.2 Å². The number of halogens is 2. The molecule has 0 bridgehead atoms. The molecule has 15 heteroatoms. The van der Waals surface area contributed by atoms with Crippen LogP contribution in [0.3, 0.4) is 0 Å². The van der Waals surface area contributed by atoms with E-state index in [0.29, 0.717) is 42.2 Å². The summed E-state index contributed by atoms with van der Waals surface area (Å²) in [6, 6.07) is 7.58. The van der Waals surface area contributed by atoms with Crippen molar-refractivity contribution < 1.29 is 23.5 Å². The van der Waals surface area contributed by atoms with Gasteiger partial charge in [0.25, 0.3) is 6.43 Å². The summed E-state index contributed by atoms with van der Waals surface area (Å²) in [6.07, 6.45) is 9.94. The van der Waals surface area contributed by atoms with E-state index in [2.05, 4.69) is 34.7 Å². The van der Waals surface area contributed by atoms with Gasteiger partial charge in [-0.3, -0.25) is 19.1 Å². The summed E-state index contributed by atoms with van der Waals surface area (Å²) in [6.45, 7) is 7.33. The van der Waals surface area contributed by atoms with Gasteiger partial charge in [-0.1, -0.05) is 0 Å². The summed E-state index contributed by atoms with van der Waals surface area (Å²) < 4.78 is 33.3. The summed E-state index contributed by atoms with van der Waals surface area (Å²) in [4.78, 5) is 32.6. The largest absolute Gasteiger partial charge is 0.476 e. The highest BCUT2D eigenvalue weighted by Crippen LogP contribution is 2.50. The molecule has 3 aromatic heterocycles. The highest BCUT2D eigenvalue weighted by molar-refractivity contribution is 5.85. The number of aryl methyl sites for hydroxylation is 2. The summed E-state index contributed by atoms with van der Waals surface area (Å²) in [5.74, 6) is 0.499. The Labute approximate surface area is 318 Å². The third-order valence-electron chi connectivity index (χ3n) is 13.2. The first kappa shape index (κ1) is 35.8. The van der Waals surface area contributed by atoms with E-state index < -0.39 is 12.4 Å². The molecule has 0 unspecified atom stereocenters. The summed E-state index contributed by atoms with van der Waals surface area (Å²) in [5.41, 5.74) is 5.55. The third kappa shape index (κ3) is 6.53. The zero-order valence-electron chi connectivity index (χ0n) is 31.5. The average molecular weight is 755 g/mol. The Balaban J connectivity index is 0.912. The van der Waals surface area contributed by atoms with Crippen LogP contribution in [0.15, 0.2) is 36.7 Å². The second kappa shape index (κ2) is 14.0. The van der Waals surface area contributed by atoms with Gasteiger partial charge in [0.2, 0.25) is 5.91 Å². The monoisotopic (exact) mass is 754 g/mol. The van der Waals surface area contributed by atoms with Crippen molar-refractivity contribution in [3.8, 4) is 11.1 Å². The molecule has 13 nitrogen and oxygen atoms in total. The molecule has 1 aromatic carbocycles. The van der Waals surface area contributed by atoms with E-state index in [4.69, 9.17) is 10.2 Å². The lowest BCUT2D eigenvalue weighted by Gasteiger charge is -2.52. The molecule has 1 aliphatic carbocycles. The smallest absolute Gasteiger partial charge is 0.356 e. The SMILES string of the molecule is CC(=O)N1CCc2c(c(N3CCCc4cc(-c5cnn(C)c5)c(C(F)F)cc43)nn2C2CCC3(CC2)CCN(C2CN(c4ccc(C(=O)O)nn4)C2)CC3)C1. The number of aromatic carboxylic acids is 1. The fourth-order valence-corrected chi connectivity index (χ4v) is 9.88. The number of amides is 1. The van der Waals surface area contributed by atoms with Crippen molar-refractivity contribution in [2.75, 3.05) is 49.1 Å². The van der Waals surface area contributed by atoms with E-state index in [1.165, 1.54) is 24.6 Å². The van der Waals surface area contributed by atoms with Gasteiger partial charge in [0.05, 0.1) is 18.8 Å². The molecule has 1 amide bonds. The molecule has 55 heavy (non-hydrogen) atoms. The Kier molecular flexibility index (Phi) is 9.09. The molecule has 4 aliphatic heterocycles. The van der Waals surface area contributed by atoms with Gasteiger partial charge in [-0.25, -0.2) is 13.6 Å². The van der Waals surface area contributed by atoms with Crippen molar-refractivity contribution in [1.82, 2.24) is 39.6 Å². The van der Waals surface area contributed by atoms with Gasteiger partial charge in [-0.05, 0) is 105 Å². The number of hydrogen-bond acceptors (Lipinski definition) is 9. The molecule has 7 heterocycles. The number of carboxylic acid groups (broad SMARTS) is 1. The van der Waals surface area contributed by atoms with Gasteiger partial charge in [0.15, 0.2) is 17.3 Å². The molecule has 1 N–H and O–H groups in total. The predicted molar refractivity (Wildman–Crippen MR) is 202 cm³/mol. The van der Waals surface area contributed by atoms with E-state index in [-0.39, 0.29) is 23.2 Å². The Morgan fingerprint density at radius 1 is 0.964 bits per heavy atom. The van der Waals surface area contributed by atoms with Crippen LogP contribution in [0, 0.1) is 5.41 Å². The highest BCUT2D eigenvalue weighted by Gasteiger charge is 2.43. The number of carbonyl (C=O) groups is 2. The van der Waals surface area contributed by atoms with Gasteiger partial charge in [-0.2, -0.15) is 10.2 Å². The fraction of sp³-hybridized carbons (Fsp3) is 0.550. The molecule has 0 atom stereocenters. The van der Waals surface area contributed by atoms with Crippen LogP contribution in [0.4, 0.5) is 26.1 Å². The van der Waals surface area contributed by atoms with Crippen molar-refractivity contribution in [3.63, 3.8) is 0 Å². The van der Waals surface area contributed by atoms with Crippen molar-refractivity contribution in [2.45, 2.75) is 89.8 Å². The number of carboxylic acids is 1. The van der Waals surface area contributed by atoms with Gasteiger partial charge in [0, 0.05) is 86.9 Å². The number of hydrogen-bond donors (Lipinski definition) is 1. The fourth-order valence-electron chi connectivity index (χ4n) is 9.88. The second-order valence-corrected chi connectivity index (χ2v) is 16.3. The zero-order valence-corrected chi connectivity index (χ0v) is 31.5. The van der Waals surface area contributed by atoms with Crippen LogP contribution in [-0.4, -0.2) is 102 Å². The molecular formula is C40H48F2N10O3. The molecule has 0 radical (unpaired) electrons. The zero-order chi connectivity index (χ0) is 38.0. The molecule has 9 rings (SSSR count). The van der Waals surface area contributed by atoms with Crippen LogP contribution < -0.4 is 9.80 Å². The van der Waals surface area contributed by atoms with E-state index in [1.54, 1.807) is 43.2 Å². The molecule has 4 aromatic rings. The summed E-state index contributed by atoms with van der Waals surface area (Å²) in [5, 5.41) is 26.7. The number of benzene rings is 1. The number of nitrogens with zero attached hydrogens (tertiary/aromatic N) is 10. The first-order valence-corrected chi connectivity index (χ1v) is 19.7. The van der Waals surface area contributed by atoms with Gasteiger partial charge < -0.3 is 19.8 Å². The molecule has 1 spiro atoms. The maximum absolute atomic E-state index is 14.7. The van der Waals surface area contributed by atoms with Crippen LogP contribution in [0.1, 0.15) is 97.2 Å². The van der Waals surface area contributed by atoms with Gasteiger partial charge in [-0.15, -0.1) is 10.2 Å². The Bertz CT molecular complexity index is 2090.